The van der Waals surface area contributed by atoms with E-state index >= 15 is 0 Å². The van der Waals surface area contributed by atoms with Gasteiger partial charge in [0, 0.05) is 6.42 Å². The van der Waals surface area contributed by atoms with Gasteiger partial charge in [0.25, 0.3) is 0 Å². The lowest BCUT2D eigenvalue weighted by Crippen LogP contribution is -1.86. The molecule has 0 spiro atoms. The van der Waals surface area contributed by atoms with Crippen molar-refractivity contribution in [2.45, 2.75) is 19.8 Å². The van der Waals surface area contributed by atoms with E-state index in [4.69, 9.17) is 5.11 Å². The molecular weight excluding hydrogens is 176 g/mol. The largest absolute Gasteiger partial charge is 0.508 e. The van der Waals surface area contributed by atoms with E-state index in [1.165, 1.54) is 0 Å². The molecule has 0 fully saturated rings. The Morgan fingerprint density at radius 3 is 2.57 bits per heavy atom. The Morgan fingerprint density at radius 2 is 2.00 bits per heavy atom. The molecule has 1 rings (SSSR count). The zero-order valence-corrected chi connectivity index (χ0v) is 8.23. The van der Waals surface area contributed by atoms with E-state index < -0.39 is 0 Å². The summed E-state index contributed by atoms with van der Waals surface area (Å²) in [6, 6.07) is 6.95. The summed E-state index contributed by atoms with van der Waals surface area (Å²) in [5.41, 5.74) is 1.03. The summed E-state index contributed by atoms with van der Waals surface area (Å²) in [6.07, 6.45) is 5.28. The number of phenolic OH excluding ortho intramolecular Hbond substituents is 1. The number of rotatable bonds is 4. The third kappa shape index (κ3) is 3.90. The van der Waals surface area contributed by atoms with E-state index in [9.17, 15) is 4.79 Å². The van der Waals surface area contributed by atoms with Crippen molar-refractivity contribution in [3.8, 4) is 5.75 Å². The molecule has 0 amide bonds. The van der Waals surface area contributed by atoms with Crippen LogP contribution in [0, 0.1) is 0 Å². The van der Waals surface area contributed by atoms with Crippen molar-refractivity contribution >= 4 is 11.9 Å². The lowest BCUT2D eigenvalue weighted by atomic mass is 10.1. The van der Waals surface area contributed by atoms with Gasteiger partial charge in [-0.3, -0.25) is 0 Å². The lowest BCUT2D eigenvalue weighted by Gasteiger charge is -1.93. The van der Waals surface area contributed by atoms with Crippen LogP contribution >= 0.6 is 0 Å². The number of carbonyl (C=O) groups is 1. The molecule has 2 heteroatoms. The summed E-state index contributed by atoms with van der Waals surface area (Å²) in [5, 5.41) is 9.03. The predicted molar refractivity (Wildman–Crippen MR) is 57.1 cm³/mol. The van der Waals surface area contributed by atoms with Gasteiger partial charge in [-0.25, -0.2) is 0 Å². The second-order valence-corrected chi connectivity index (χ2v) is 3.23. The minimum Gasteiger partial charge on any atom is -0.508 e. The molecule has 1 aromatic carbocycles. The number of phenols is 1. The minimum absolute atomic E-state index is 0.209. The van der Waals surface area contributed by atoms with Gasteiger partial charge in [-0.1, -0.05) is 24.3 Å². The van der Waals surface area contributed by atoms with Gasteiger partial charge in [-0.2, -0.15) is 0 Å². The van der Waals surface area contributed by atoms with Crippen LogP contribution in [0.5, 0.6) is 5.75 Å². The van der Waals surface area contributed by atoms with Crippen molar-refractivity contribution in [2.75, 3.05) is 0 Å². The molecule has 0 saturated carbocycles. The van der Waals surface area contributed by atoms with Crippen LogP contribution in [-0.2, 0) is 4.79 Å². The number of benzene rings is 1. The smallest absolute Gasteiger partial charge is 0.130 e. The molecule has 0 saturated heterocycles. The number of carbonyl (C=O) groups excluding carboxylic acids is 1. The van der Waals surface area contributed by atoms with Gasteiger partial charge >= 0.3 is 0 Å². The van der Waals surface area contributed by atoms with E-state index in [2.05, 4.69) is 0 Å². The average molecular weight is 190 g/mol. The van der Waals surface area contributed by atoms with Crippen molar-refractivity contribution in [1.29, 1.82) is 0 Å². The lowest BCUT2D eigenvalue weighted by molar-refractivity contribution is -0.116. The first-order chi connectivity index (χ1) is 6.68. The number of ketones is 1. The summed E-state index contributed by atoms with van der Waals surface area (Å²) in [7, 11) is 0. The number of allylic oxidation sites excluding steroid dienone is 1. The molecule has 1 N–H and O–H groups in total. The van der Waals surface area contributed by atoms with E-state index in [1.54, 1.807) is 19.1 Å². The van der Waals surface area contributed by atoms with Crippen molar-refractivity contribution in [3.63, 3.8) is 0 Å². The Labute approximate surface area is 83.9 Å². The fraction of sp³-hybridized carbons (Fsp3) is 0.250. The Hall–Kier alpha value is -1.57. The highest BCUT2D eigenvalue weighted by molar-refractivity contribution is 5.75. The topological polar surface area (TPSA) is 37.3 Å². The first kappa shape index (κ1) is 10.5. The summed E-state index contributed by atoms with van der Waals surface area (Å²) in [5.74, 6) is 0.478. The summed E-state index contributed by atoms with van der Waals surface area (Å²) >= 11 is 0. The van der Waals surface area contributed by atoms with Gasteiger partial charge in [-0.15, -0.1) is 0 Å². The number of hydrogen-bond acceptors (Lipinski definition) is 2. The first-order valence-electron chi connectivity index (χ1n) is 4.63. The van der Waals surface area contributed by atoms with Gasteiger partial charge in [-0.05, 0) is 31.0 Å². The Bertz CT molecular complexity index is 323. The number of hydrogen-bond donors (Lipinski definition) is 1. The second kappa shape index (κ2) is 5.22. The van der Waals surface area contributed by atoms with Crippen molar-refractivity contribution in [1.82, 2.24) is 0 Å². The Morgan fingerprint density at radius 1 is 1.36 bits per heavy atom. The SMILES string of the molecule is CC(=O)CCC=Cc1ccc(O)cc1. The third-order valence-electron chi connectivity index (χ3n) is 1.87. The summed E-state index contributed by atoms with van der Waals surface area (Å²) in [6.45, 7) is 1.59. The number of Topliss-reactive ketones (excluding diaryl/α,β-unsaturated/α-hetero) is 1. The molecule has 0 aliphatic rings. The van der Waals surface area contributed by atoms with Gasteiger partial charge in [0.15, 0.2) is 0 Å². The molecule has 74 valence electrons. The maximum Gasteiger partial charge on any atom is 0.130 e. The van der Waals surface area contributed by atoms with Crippen LogP contribution in [0.4, 0.5) is 0 Å². The fourth-order valence-electron chi connectivity index (χ4n) is 1.09. The molecule has 0 aliphatic heterocycles. The molecule has 14 heavy (non-hydrogen) atoms. The average Bonchev–Trinajstić information content (AvgIpc) is 2.15. The highest BCUT2D eigenvalue weighted by Crippen LogP contribution is 2.11. The van der Waals surface area contributed by atoms with Gasteiger partial charge in [0.1, 0.15) is 11.5 Å². The van der Waals surface area contributed by atoms with Crippen LogP contribution in [0.25, 0.3) is 6.08 Å². The fourth-order valence-corrected chi connectivity index (χ4v) is 1.09. The van der Waals surface area contributed by atoms with Crippen LogP contribution in [0.2, 0.25) is 0 Å². The monoisotopic (exact) mass is 190 g/mol. The van der Waals surface area contributed by atoms with E-state index in [0.29, 0.717) is 6.42 Å². The zero-order chi connectivity index (χ0) is 10.4. The first-order valence-corrected chi connectivity index (χ1v) is 4.63. The van der Waals surface area contributed by atoms with Crippen molar-refractivity contribution in [3.05, 3.63) is 35.9 Å². The molecule has 0 aliphatic carbocycles. The van der Waals surface area contributed by atoms with Crippen molar-refractivity contribution in [2.24, 2.45) is 0 Å². The van der Waals surface area contributed by atoms with Crippen LogP contribution < -0.4 is 0 Å². The standard InChI is InChI=1S/C12H14O2/c1-10(13)4-2-3-5-11-6-8-12(14)9-7-11/h3,5-9,14H,2,4H2,1H3. The summed E-state index contributed by atoms with van der Waals surface area (Å²) in [4.78, 5) is 10.6. The highest BCUT2D eigenvalue weighted by Gasteiger charge is 1.90. The third-order valence-corrected chi connectivity index (χ3v) is 1.87. The van der Waals surface area contributed by atoms with Gasteiger partial charge in [0.05, 0.1) is 0 Å². The molecule has 0 radical (unpaired) electrons. The van der Waals surface area contributed by atoms with Gasteiger partial charge < -0.3 is 9.90 Å². The molecular formula is C12H14O2. The molecule has 0 atom stereocenters. The second-order valence-electron chi connectivity index (χ2n) is 3.23. The summed E-state index contributed by atoms with van der Waals surface area (Å²) < 4.78 is 0. The molecule has 2 nitrogen and oxygen atoms in total. The van der Waals surface area contributed by atoms with Crippen LogP contribution in [-0.4, -0.2) is 10.9 Å². The quantitative estimate of drug-likeness (QED) is 0.792. The van der Waals surface area contributed by atoms with E-state index in [-0.39, 0.29) is 11.5 Å². The molecule has 0 bridgehead atoms. The van der Waals surface area contributed by atoms with Crippen molar-refractivity contribution < 1.29 is 9.90 Å². The molecule has 1 aromatic rings. The predicted octanol–water partition coefficient (Wildman–Crippen LogP) is 2.77. The Kier molecular flexibility index (Phi) is 3.92. The molecule has 0 unspecified atom stereocenters. The minimum atomic E-state index is 0.209. The molecule has 0 aromatic heterocycles. The van der Waals surface area contributed by atoms with Crippen LogP contribution in [0.1, 0.15) is 25.3 Å². The Balaban J connectivity index is 2.44. The van der Waals surface area contributed by atoms with Crippen LogP contribution in [0.15, 0.2) is 30.3 Å². The van der Waals surface area contributed by atoms with Gasteiger partial charge in [0.2, 0.25) is 0 Å². The number of aromatic hydroxyl groups is 1. The van der Waals surface area contributed by atoms with Crippen LogP contribution in [0.3, 0.4) is 0 Å². The molecule has 0 heterocycles. The highest BCUT2D eigenvalue weighted by atomic mass is 16.3. The maximum atomic E-state index is 10.6. The maximum absolute atomic E-state index is 10.6. The van der Waals surface area contributed by atoms with E-state index in [0.717, 1.165) is 12.0 Å². The van der Waals surface area contributed by atoms with E-state index in [1.807, 2.05) is 24.3 Å². The zero-order valence-electron chi connectivity index (χ0n) is 8.23. The normalized spacial score (nSPS) is 10.6.